The largest absolute Gasteiger partial charge is 0.455 e. The third-order valence-corrected chi connectivity index (χ3v) is 7.67. The highest BCUT2D eigenvalue weighted by atomic mass is 19.4. The van der Waals surface area contributed by atoms with Gasteiger partial charge in [0.15, 0.2) is 5.78 Å². The van der Waals surface area contributed by atoms with E-state index in [2.05, 4.69) is 39.5 Å². The summed E-state index contributed by atoms with van der Waals surface area (Å²) in [5, 5.41) is 10.8. The number of benzene rings is 1. The van der Waals surface area contributed by atoms with Crippen molar-refractivity contribution < 1.29 is 37.3 Å². The Balaban J connectivity index is 2.17. The molecular formula is C35H45F3O5. The van der Waals surface area contributed by atoms with E-state index in [1.54, 1.807) is 6.08 Å². The Bertz CT molecular complexity index is 1250. The zero-order valence-electron chi connectivity index (χ0n) is 26.1. The molecule has 2 rings (SSSR count). The van der Waals surface area contributed by atoms with Gasteiger partial charge in [0.05, 0.1) is 6.10 Å². The minimum Gasteiger partial charge on any atom is -0.455 e. The second kappa shape index (κ2) is 16.0. The van der Waals surface area contributed by atoms with Crippen molar-refractivity contribution in [2.24, 2.45) is 5.92 Å². The number of halogens is 3. The molecule has 4 atom stereocenters. The number of carbonyl (C=O) groups excluding carboxylic acids is 2. The molecule has 236 valence electrons. The summed E-state index contributed by atoms with van der Waals surface area (Å²) in [4.78, 5) is 25.9. The number of rotatable bonds is 14. The third kappa shape index (κ3) is 9.90. The molecule has 0 bridgehead atoms. The summed E-state index contributed by atoms with van der Waals surface area (Å²) in [6.45, 7) is 13.7. The molecule has 1 aromatic rings. The molecular weight excluding hydrogens is 557 g/mol. The Morgan fingerprint density at radius 1 is 1.07 bits per heavy atom. The van der Waals surface area contributed by atoms with Gasteiger partial charge in [-0.3, -0.25) is 4.79 Å². The Kier molecular flexibility index (Phi) is 13.4. The lowest BCUT2D eigenvalue weighted by Gasteiger charge is -2.36. The first-order valence-electron chi connectivity index (χ1n) is 14.5. The van der Waals surface area contributed by atoms with Crippen LogP contribution in [0, 0.1) is 5.92 Å². The van der Waals surface area contributed by atoms with Gasteiger partial charge in [-0.15, -0.1) is 0 Å². The first-order valence-corrected chi connectivity index (χ1v) is 14.5. The van der Waals surface area contributed by atoms with Gasteiger partial charge in [0.25, 0.3) is 5.60 Å². The van der Waals surface area contributed by atoms with Crippen molar-refractivity contribution >= 4 is 11.8 Å². The number of aliphatic hydroxyl groups excluding tert-OH is 1. The molecule has 0 heterocycles. The molecule has 0 spiro atoms. The lowest BCUT2D eigenvalue weighted by atomic mass is 9.80. The van der Waals surface area contributed by atoms with Gasteiger partial charge in [0, 0.05) is 25.0 Å². The van der Waals surface area contributed by atoms with Crippen molar-refractivity contribution in [2.75, 3.05) is 7.11 Å². The molecule has 0 unspecified atom stereocenters. The SMILES string of the molecule is C=C(C[C@H](O)/C=C(\C)CC/C=C(\C)CCC=C(C)C)[C@H]1CC(=O)C(C)=C[C@H]1OC(=O)[C@@](OC)(c1ccccc1)C(F)(F)F. The van der Waals surface area contributed by atoms with Gasteiger partial charge in [0.1, 0.15) is 6.10 Å². The van der Waals surface area contributed by atoms with E-state index in [-0.39, 0.29) is 24.2 Å². The van der Waals surface area contributed by atoms with Crippen LogP contribution in [0.2, 0.25) is 0 Å². The highest BCUT2D eigenvalue weighted by molar-refractivity contribution is 5.96. The molecule has 8 heteroatoms. The number of alkyl halides is 3. The summed E-state index contributed by atoms with van der Waals surface area (Å²) < 4.78 is 53.6. The zero-order chi connectivity index (χ0) is 32.4. The third-order valence-electron chi connectivity index (χ3n) is 7.67. The first kappa shape index (κ1) is 36.0. The molecule has 0 aliphatic heterocycles. The van der Waals surface area contributed by atoms with Crippen molar-refractivity contribution in [3.63, 3.8) is 0 Å². The second-order valence-corrected chi connectivity index (χ2v) is 11.6. The van der Waals surface area contributed by atoms with Crippen LogP contribution in [0.15, 0.2) is 89.1 Å². The van der Waals surface area contributed by atoms with E-state index in [9.17, 15) is 27.9 Å². The van der Waals surface area contributed by atoms with Gasteiger partial charge in [-0.1, -0.05) is 77.4 Å². The fraction of sp³-hybridized carbons (Fsp3) is 0.486. The molecule has 1 aliphatic carbocycles. The summed E-state index contributed by atoms with van der Waals surface area (Å²) in [6.07, 6.45) is 3.75. The maximum atomic E-state index is 14.4. The van der Waals surface area contributed by atoms with E-state index in [0.29, 0.717) is 5.57 Å². The van der Waals surface area contributed by atoms with Crippen LogP contribution in [0.3, 0.4) is 0 Å². The summed E-state index contributed by atoms with van der Waals surface area (Å²) in [6, 6.07) is 6.56. The van der Waals surface area contributed by atoms with E-state index in [1.807, 2.05) is 6.92 Å². The molecule has 0 saturated carbocycles. The summed E-state index contributed by atoms with van der Waals surface area (Å²) in [5.74, 6) is -2.69. The number of Topliss-reactive ketones (excluding diaryl/α,β-unsaturated/α-hetero) is 1. The summed E-state index contributed by atoms with van der Waals surface area (Å²) >= 11 is 0. The first-order chi connectivity index (χ1) is 20.1. The molecule has 1 N–H and O–H groups in total. The molecule has 0 aromatic heterocycles. The number of hydrogen-bond acceptors (Lipinski definition) is 5. The van der Waals surface area contributed by atoms with Crippen molar-refractivity contribution in [1.29, 1.82) is 0 Å². The zero-order valence-corrected chi connectivity index (χ0v) is 26.1. The smallest absolute Gasteiger partial charge is 0.432 e. The number of allylic oxidation sites excluding steroid dienone is 6. The van der Waals surface area contributed by atoms with Crippen LogP contribution >= 0.6 is 0 Å². The number of ether oxygens (including phenoxy) is 2. The monoisotopic (exact) mass is 602 g/mol. The van der Waals surface area contributed by atoms with Crippen molar-refractivity contribution in [2.45, 2.75) is 97.1 Å². The minimum absolute atomic E-state index is 0.0567. The quantitative estimate of drug-likeness (QED) is 0.171. The fourth-order valence-electron chi connectivity index (χ4n) is 5.15. The van der Waals surface area contributed by atoms with Crippen molar-refractivity contribution in [1.82, 2.24) is 0 Å². The highest BCUT2D eigenvalue weighted by Crippen LogP contribution is 2.44. The van der Waals surface area contributed by atoms with Crippen LogP contribution < -0.4 is 0 Å². The van der Waals surface area contributed by atoms with E-state index in [4.69, 9.17) is 9.47 Å². The average Bonchev–Trinajstić information content (AvgIpc) is 2.90. The van der Waals surface area contributed by atoms with Gasteiger partial charge >= 0.3 is 12.1 Å². The maximum Gasteiger partial charge on any atom is 0.432 e. The van der Waals surface area contributed by atoms with Crippen LogP contribution in [0.5, 0.6) is 0 Å². The molecule has 43 heavy (non-hydrogen) atoms. The predicted octanol–water partition coefficient (Wildman–Crippen LogP) is 8.26. The van der Waals surface area contributed by atoms with Gasteiger partial charge in [0.2, 0.25) is 0 Å². The van der Waals surface area contributed by atoms with E-state index in [0.717, 1.165) is 50.5 Å². The normalized spacial score (nSPS) is 20.1. The average molecular weight is 603 g/mol. The van der Waals surface area contributed by atoms with Gasteiger partial charge in [-0.05, 0) is 78.4 Å². The van der Waals surface area contributed by atoms with Crippen LogP contribution in [0.4, 0.5) is 13.2 Å². The highest BCUT2D eigenvalue weighted by Gasteiger charge is 2.64. The van der Waals surface area contributed by atoms with Crippen molar-refractivity contribution in [3.05, 3.63) is 94.6 Å². The van der Waals surface area contributed by atoms with E-state index in [1.165, 1.54) is 42.3 Å². The number of aliphatic hydroxyl groups is 1. The number of esters is 1. The number of methoxy groups -OCH3 is 1. The molecule has 5 nitrogen and oxygen atoms in total. The summed E-state index contributed by atoms with van der Waals surface area (Å²) in [5.41, 5.74) is 0.471. The standard InChI is InChI=1S/C35H45F3O5/c1-23(2)13-11-14-24(3)15-12-16-25(4)19-29(39)20-26(5)30-22-31(40)27(6)21-32(30)43-33(41)34(42-7,35(36,37)38)28-17-9-8-10-18-28/h8-10,13,15,17-19,21,29-30,32,39H,5,11-12,14,16,20,22H2,1-4,6-7H3/b24-15+,25-19+/t29-,30-,32-,34+/m1/s1. The van der Waals surface area contributed by atoms with Gasteiger partial charge < -0.3 is 14.6 Å². The predicted molar refractivity (Wildman–Crippen MR) is 163 cm³/mol. The molecule has 0 saturated heterocycles. The second-order valence-electron chi connectivity index (χ2n) is 11.6. The number of hydrogen-bond donors (Lipinski definition) is 1. The van der Waals surface area contributed by atoms with E-state index < -0.39 is 41.4 Å². The summed E-state index contributed by atoms with van der Waals surface area (Å²) in [7, 11) is 0.802. The van der Waals surface area contributed by atoms with Crippen molar-refractivity contribution in [3.8, 4) is 0 Å². The Morgan fingerprint density at radius 2 is 1.67 bits per heavy atom. The Labute approximate surface area is 253 Å². The topological polar surface area (TPSA) is 72.8 Å². The molecule has 0 fully saturated rings. The molecule has 1 aromatic carbocycles. The number of carbonyl (C=O) groups is 2. The minimum atomic E-state index is -5.13. The lowest BCUT2D eigenvalue weighted by Crippen LogP contribution is -2.53. The number of ketones is 1. The maximum absolute atomic E-state index is 14.4. The Hall–Kier alpha value is -3.23. The van der Waals surface area contributed by atoms with Crippen LogP contribution in [0.1, 0.15) is 78.7 Å². The van der Waals surface area contributed by atoms with Gasteiger partial charge in [-0.2, -0.15) is 13.2 Å². The van der Waals surface area contributed by atoms with Crippen LogP contribution in [-0.4, -0.2) is 42.4 Å². The molecule has 0 radical (unpaired) electrons. The van der Waals surface area contributed by atoms with Crippen LogP contribution in [-0.2, 0) is 24.7 Å². The fourth-order valence-corrected chi connectivity index (χ4v) is 5.15. The Morgan fingerprint density at radius 3 is 2.26 bits per heavy atom. The molecule has 1 aliphatic rings. The van der Waals surface area contributed by atoms with E-state index >= 15 is 0 Å². The molecule has 0 amide bonds. The van der Waals surface area contributed by atoms with Crippen LogP contribution in [0.25, 0.3) is 0 Å². The van der Waals surface area contributed by atoms with Gasteiger partial charge in [-0.25, -0.2) is 4.79 Å². The lowest BCUT2D eigenvalue weighted by molar-refractivity contribution is -0.278.